The first-order valence-corrected chi connectivity index (χ1v) is 5.40. The second kappa shape index (κ2) is 4.66. The average Bonchev–Trinajstić information content (AvgIpc) is 2.66. The van der Waals surface area contributed by atoms with Crippen LogP contribution in [0.15, 0.2) is 18.2 Å². The molecule has 2 unspecified atom stereocenters. The molecule has 1 heterocycles. The quantitative estimate of drug-likeness (QED) is 0.752. The van der Waals surface area contributed by atoms with Gasteiger partial charge in [0, 0.05) is 5.56 Å². The largest absolute Gasteiger partial charge is 0.346 e. The maximum Gasteiger partial charge on any atom is 0.185 e. The number of halogens is 3. The predicted octanol–water partition coefficient (Wildman–Crippen LogP) is 3.13. The van der Waals surface area contributed by atoms with Gasteiger partial charge in [0.2, 0.25) is 0 Å². The van der Waals surface area contributed by atoms with Gasteiger partial charge in [0.15, 0.2) is 6.29 Å². The van der Waals surface area contributed by atoms with Gasteiger partial charge >= 0.3 is 0 Å². The van der Waals surface area contributed by atoms with Gasteiger partial charge in [-0.2, -0.15) is 0 Å². The van der Waals surface area contributed by atoms with E-state index in [9.17, 15) is 4.39 Å². The lowest BCUT2D eigenvalue weighted by Crippen LogP contribution is -2.10. The summed E-state index contributed by atoms with van der Waals surface area (Å²) in [4.78, 5) is 0. The van der Waals surface area contributed by atoms with Crippen LogP contribution in [0.3, 0.4) is 0 Å². The monoisotopic (exact) mass is 250 g/mol. The van der Waals surface area contributed by atoms with Gasteiger partial charge in [-0.25, -0.2) is 4.39 Å². The van der Waals surface area contributed by atoms with Crippen LogP contribution in [0.2, 0.25) is 5.02 Å². The third-order valence-electron chi connectivity index (χ3n) is 2.14. The minimum absolute atomic E-state index is 0.127. The third kappa shape index (κ3) is 2.42. The topological polar surface area (TPSA) is 18.5 Å². The van der Waals surface area contributed by atoms with E-state index in [1.165, 1.54) is 12.1 Å². The highest BCUT2D eigenvalue weighted by Gasteiger charge is 2.28. The molecule has 1 aromatic rings. The van der Waals surface area contributed by atoms with Crippen molar-refractivity contribution in [3.63, 3.8) is 0 Å². The zero-order valence-electron chi connectivity index (χ0n) is 7.75. The summed E-state index contributed by atoms with van der Waals surface area (Å²) in [6.45, 7) is 0.432. The molecule has 0 spiro atoms. The number of hydrogen-bond donors (Lipinski definition) is 0. The SMILES string of the molecule is Fc1ccc(C2OCC(CCl)O2)c(Cl)c1. The van der Waals surface area contributed by atoms with Crippen molar-refractivity contribution >= 4 is 23.2 Å². The summed E-state index contributed by atoms with van der Waals surface area (Å²) in [6, 6.07) is 4.11. The van der Waals surface area contributed by atoms with E-state index in [0.29, 0.717) is 23.1 Å². The zero-order chi connectivity index (χ0) is 10.8. The van der Waals surface area contributed by atoms with Crippen LogP contribution in [-0.2, 0) is 9.47 Å². The van der Waals surface area contributed by atoms with Gasteiger partial charge in [-0.3, -0.25) is 0 Å². The Morgan fingerprint density at radius 3 is 2.87 bits per heavy atom. The molecule has 2 rings (SSSR count). The van der Waals surface area contributed by atoms with E-state index in [1.54, 1.807) is 6.07 Å². The van der Waals surface area contributed by atoms with E-state index >= 15 is 0 Å². The zero-order valence-corrected chi connectivity index (χ0v) is 9.26. The molecule has 1 aromatic carbocycles. The fourth-order valence-corrected chi connectivity index (χ4v) is 1.80. The van der Waals surface area contributed by atoms with Crippen LogP contribution in [0.4, 0.5) is 4.39 Å². The molecule has 2 nitrogen and oxygen atoms in total. The fourth-order valence-electron chi connectivity index (χ4n) is 1.38. The van der Waals surface area contributed by atoms with Crippen molar-refractivity contribution in [2.75, 3.05) is 12.5 Å². The number of alkyl halides is 1. The number of ether oxygens (including phenoxy) is 2. The van der Waals surface area contributed by atoms with E-state index in [4.69, 9.17) is 32.7 Å². The van der Waals surface area contributed by atoms with Gasteiger partial charge in [-0.05, 0) is 18.2 Å². The molecule has 1 aliphatic rings. The Bertz CT molecular complexity index is 359. The van der Waals surface area contributed by atoms with Crippen LogP contribution in [0.1, 0.15) is 11.9 Å². The van der Waals surface area contributed by atoms with Gasteiger partial charge in [0.05, 0.1) is 23.6 Å². The van der Waals surface area contributed by atoms with Crippen molar-refractivity contribution in [2.24, 2.45) is 0 Å². The minimum atomic E-state index is -0.540. The molecule has 1 aliphatic heterocycles. The maximum atomic E-state index is 12.8. The standard InChI is InChI=1S/C10H9Cl2FO2/c11-4-7-5-14-10(15-7)8-2-1-6(13)3-9(8)12/h1-3,7,10H,4-5H2. The highest BCUT2D eigenvalue weighted by atomic mass is 35.5. The summed E-state index contributed by atoms with van der Waals surface area (Å²) in [5.41, 5.74) is 0.630. The van der Waals surface area contributed by atoms with E-state index in [0.717, 1.165) is 0 Å². The van der Waals surface area contributed by atoms with Crippen LogP contribution in [0.25, 0.3) is 0 Å². The molecule has 1 fully saturated rings. The van der Waals surface area contributed by atoms with Gasteiger partial charge in [-0.1, -0.05) is 11.6 Å². The molecular weight excluding hydrogens is 242 g/mol. The predicted molar refractivity (Wildman–Crippen MR) is 55.7 cm³/mol. The lowest BCUT2D eigenvalue weighted by molar-refractivity contribution is -0.0566. The molecule has 82 valence electrons. The van der Waals surface area contributed by atoms with Gasteiger partial charge < -0.3 is 9.47 Å². The molecular formula is C10H9Cl2FO2. The van der Waals surface area contributed by atoms with Gasteiger partial charge in [0.25, 0.3) is 0 Å². The number of benzene rings is 1. The fraction of sp³-hybridized carbons (Fsp3) is 0.400. The third-order valence-corrected chi connectivity index (χ3v) is 2.81. The first-order valence-electron chi connectivity index (χ1n) is 4.48. The van der Waals surface area contributed by atoms with E-state index in [-0.39, 0.29) is 11.9 Å². The normalized spacial score (nSPS) is 25.8. The molecule has 0 N–H and O–H groups in total. The lowest BCUT2D eigenvalue weighted by atomic mass is 10.2. The summed E-state index contributed by atoms with van der Waals surface area (Å²) >= 11 is 11.5. The first kappa shape index (κ1) is 11.1. The molecule has 5 heteroatoms. The Kier molecular flexibility index (Phi) is 3.46. The van der Waals surface area contributed by atoms with Crippen molar-refractivity contribution in [1.82, 2.24) is 0 Å². The van der Waals surface area contributed by atoms with Crippen molar-refractivity contribution in [3.05, 3.63) is 34.6 Å². The Hall–Kier alpha value is -0.350. The van der Waals surface area contributed by atoms with Crippen LogP contribution in [-0.4, -0.2) is 18.6 Å². The molecule has 0 saturated carbocycles. The Labute approximate surface area is 96.9 Å². The smallest absolute Gasteiger partial charge is 0.185 e. The van der Waals surface area contributed by atoms with E-state index in [2.05, 4.69) is 0 Å². The van der Waals surface area contributed by atoms with E-state index in [1.807, 2.05) is 0 Å². The molecule has 0 bridgehead atoms. The second-order valence-electron chi connectivity index (χ2n) is 3.24. The molecule has 2 atom stereocenters. The number of rotatable bonds is 2. The van der Waals surface area contributed by atoms with Crippen molar-refractivity contribution < 1.29 is 13.9 Å². The Balaban J connectivity index is 2.17. The summed E-state index contributed by atoms with van der Waals surface area (Å²) in [7, 11) is 0. The second-order valence-corrected chi connectivity index (χ2v) is 3.96. The highest BCUT2D eigenvalue weighted by molar-refractivity contribution is 6.31. The summed E-state index contributed by atoms with van der Waals surface area (Å²) < 4.78 is 23.6. The average molecular weight is 251 g/mol. The number of hydrogen-bond acceptors (Lipinski definition) is 2. The van der Waals surface area contributed by atoms with E-state index < -0.39 is 6.29 Å². The molecule has 1 saturated heterocycles. The van der Waals surface area contributed by atoms with Crippen LogP contribution < -0.4 is 0 Å². The molecule has 0 aliphatic carbocycles. The van der Waals surface area contributed by atoms with Gasteiger partial charge in [0.1, 0.15) is 5.82 Å². The molecule has 15 heavy (non-hydrogen) atoms. The van der Waals surface area contributed by atoms with Crippen molar-refractivity contribution in [3.8, 4) is 0 Å². The summed E-state index contributed by atoms with van der Waals surface area (Å²) in [6.07, 6.45) is -0.667. The van der Waals surface area contributed by atoms with Crippen molar-refractivity contribution in [1.29, 1.82) is 0 Å². The highest BCUT2D eigenvalue weighted by Crippen LogP contribution is 2.32. The molecule has 0 radical (unpaired) electrons. The first-order chi connectivity index (χ1) is 7.20. The summed E-state index contributed by atoms with van der Waals surface area (Å²) in [5.74, 6) is -0.00869. The summed E-state index contributed by atoms with van der Waals surface area (Å²) in [5, 5.41) is 0.301. The Morgan fingerprint density at radius 1 is 1.47 bits per heavy atom. The molecule has 0 aromatic heterocycles. The maximum absolute atomic E-state index is 12.8. The van der Waals surface area contributed by atoms with Crippen molar-refractivity contribution in [2.45, 2.75) is 12.4 Å². The van der Waals surface area contributed by atoms with Crippen LogP contribution in [0, 0.1) is 5.82 Å². The Morgan fingerprint density at radius 2 is 2.27 bits per heavy atom. The minimum Gasteiger partial charge on any atom is -0.346 e. The van der Waals surface area contributed by atoms with Gasteiger partial charge in [-0.15, -0.1) is 11.6 Å². The molecule has 0 amide bonds. The lowest BCUT2D eigenvalue weighted by Gasteiger charge is -2.11. The van der Waals surface area contributed by atoms with Crippen LogP contribution in [0.5, 0.6) is 0 Å². The van der Waals surface area contributed by atoms with Crippen LogP contribution >= 0.6 is 23.2 Å².